The van der Waals surface area contributed by atoms with Crippen LogP contribution in [0.3, 0.4) is 0 Å². The molecule has 6 nitrogen and oxygen atoms in total. The van der Waals surface area contributed by atoms with E-state index in [1.165, 1.54) is 5.56 Å². The molecule has 2 aromatic carbocycles. The first-order valence-corrected chi connectivity index (χ1v) is 10.2. The number of benzene rings is 2. The zero-order valence-electron chi connectivity index (χ0n) is 16.0. The Morgan fingerprint density at radius 3 is 2.77 bits per heavy atom. The lowest BCUT2D eigenvalue weighted by molar-refractivity contribution is -0.110. The van der Waals surface area contributed by atoms with E-state index in [-0.39, 0.29) is 11.6 Å². The van der Waals surface area contributed by atoms with Crippen LogP contribution in [-0.2, 0) is 4.79 Å². The lowest BCUT2D eigenvalue weighted by Gasteiger charge is -2.01. The molecule has 1 aliphatic heterocycles. The Labute approximate surface area is 181 Å². The minimum atomic E-state index is -0.267. The molecule has 0 fully saturated rings. The van der Waals surface area contributed by atoms with E-state index in [1.807, 2.05) is 59.1 Å². The van der Waals surface area contributed by atoms with Gasteiger partial charge in [0.15, 0.2) is 5.71 Å². The Bertz CT molecular complexity index is 1350. The molecule has 2 aromatic heterocycles. The summed E-state index contributed by atoms with van der Waals surface area (Å²) in [6, 6.07) is 19.6. The second-order valence-electron chi connectivity index (χ2n) is 6.98. The van der Waals surface area contributed by atoms with Crippen molar-refractivity contribution in [1.82, 2.24) is 9.38 Å². The lowest BCUT2D eigenvalue weighted by atomic mass is 10.1. The third kappa shape index (κ3) is 3.23. The molecule has 0 atom stereocenters. The van der Waals surface area contributed by atoms with E-state index in [0.717, 1.165) is 38.3 Å². The number of nitrogens with one attached hydrogen (secondary N) is 1. The fraction of sp³-hybridized carbons (Fsp3) is 0.0435. The Morgan fingerprint density at radius 1 is 1.10 bits per heavy atom. The zero-order valence-corrected chi connectivity index (χ0v) is 17.6. The lowest BCUT2D eigenvalue weighted by Crippen LogP contribution is -2.13. The molecule has 1 N–H and O–H groups in total. The smallest absolute Gasteiger partial charge is 0.276 e. The molecular weight excluding hydrogens is 442 g/mol. The number of pyridine rings is 1. The van der Waals surface area contributed by atoms with Crippen molar-refractivity contribution in [3.8, 4) is 11.3 Å². The topological polar surface area (TPSA) is 71.1 Å². The maximum absolute atomic E-state index is 12.3. The van der Waals surface area contributed by atoms with Crippen LogP contribution >= 0.6 is 15.9 Å². The molecule has 0 unspecified atom stereocenters. The minimum Gasteiger partial charge on any atom is -0.320 e. The van der Waals surface area contributed by atoms with Gasteiger partial charge in [0.2, 0.25) is 0 Å². The van der Waals surface area contributed by atoms with Gasteiger partial charge >= 0.3 is 0 Å². The summed E-state index contributed by atoms with van der Waals surface area (Å²) >= 11 is 3.44. The number of nitrogens with zero attached hydrogens (tertiary/aromatic N) is 4. The van der Waals surface area contributed by atoms with E-state index >= 15 is 0 Å². The Balaban J connectivity index is 1.59. The summed E-state index contributed by atoms with van der Waals surface area (Å²) in [4.78, 5) is 17.1. The Kier molecular flexibility index (Phi) is 4.52. The van der Waals surface area contributed by atoms with Crippen molar-refractivity contribution in [1.29, 1.82) is 0 Å². The fourth-order valence-electron chi connectivity index (χ4n) is 3.43. The number of hydrogen-bond donors (Lipinski definition) is 1. The molecule has 0 spiro atoms. The van der Waals surface area contributed by atoms with Gasteiger partial charge < -0.3 is 5.32 Å². The van der Waals surface area contributed by atoms with Crippen LogP contribution in [0.15, 0.2) is 81.5 Å². The Morgan fingerprint density at radius 2 is 1.93 bits per heavy atom. The average molecular weight is 458 g/mol. The number of carbonyl (C=O) groups excluding carboxylic acids is 1. The van der Waals surface area contributed by atoms with E-state index in [4.69, 9.17) is 4.98 Å². The fourth-order valence-corrected chi connectivity index (χ4v) is 3.79. The van der Waals surface area contributed by atoms with Gasteiger partial charge in [-0.2, -0.15) is 5.10 Å². The van der Waals surface area contributed by atoms with Crippen LogP contribution in [0.4, 0.5) is 5.69 Å². The van der Waals surface area contributed by atoms with Crippen molar-refractivity contribution >= 4 is 45.1 Å². The summed E-state index contributed by atoms with van der Waals surface area (Å²) in [6.45, 7) is 2.05. The van der Waals surface area contributed by atoms with Gasteiger partial charge in [0.25, 0.3) is 5.91 Å². The standard InChI is InChI=1S/C23H16BrN5O/c1-14-5-7-15(8-6-14)21-19(29-11-3-2-4-20(29)27-21)13-25-28-22-17-12-16(24)9-10-18(17)26-23(22)30/h2-13H,1H3,(H,26,28,30)/b25-13+. The van der Waals surface area contributed by atoms with Gasteiger partial charge in [0.05, 0.1) is 23.3 Å². The number of aromatic nitrogens is 2. The van der Waals surface area contributed by atoms with Crippen molar-refractivity contribution in [3.05, 3.63) is 88.2 Å². The van der Waals surface area contributed by atoms with Crippen LogP contribution in [0.2, 0.25) is 0 Å². The highest BCUT2D eigenvalue weighted by Gasteiger charge is 2.26. The van der Waals surface area contributed by atoms with Gasteiger partial charge in [-0.3, -0.25) is 9.20 Å². The average Bonchev–Trinajstić information content (AvgIpc) is 3.26. The molecule has 1 aliphatic rings. The SMILES string of the molecule is Cc1ccc(-c2nc3ccccn3c2/C=N/N=C2\C(=O)Nc3ccc(Br)cc32)cc1. The van der Waals surface area contributed by atoms with E-state index < -0.39 is 0 Å². The first-order chi connectivity index (χ1) is 14.6. The predicted octanol–water partition coefficient (Wildman–Crippen LogP) is 4.85. The number of aryl methyl sites for hydroxylation is 1. The van der Waals surface area contributed by atoms with Gasteiger partial charge in [0.1, 0.15) is 5.65 Å². The monoisotopic (exact) mass is 457 g/mol. The van der Waals surface area contributed by atoms with E-state index in [1.54, 1.807) is 6.21 Å². The minimum absolute atomic E-state index is 0.267. The van der Waals surface area contributed by atoms with Gasteiger partial charge in [0, 0.05) is 21.8 Å². The van der Waals surface area contributed by atoms with Gasteiger partial charge in [-0.05, 0) is 37.3 Å². The van der Waals surface area contributed by atoms with E-state index in [9.17, 15) is 4.79 Å². The zero-order chi connectivity index (χ0) is 20.7. The third-order valence-corrected chi connectivity index (χ3v) is 5.42. The van der Waals surface area contributed by atoms with Crippen LogP contribution in [-0.4, -0.2) is 27.2 Å². The third-order valence-electron chi connectivity index (χ3n) is 4.93. The molecular formula is C23H16BrN5O. The molecule has 5 rings (SSSR count). The van der Waals surface area contributed by atoms with Gasteiger partial charge in [-0.25, -0.2) is 4.98 Å². The molecule has 146 valence electrons. The van der Waals surface area contributed by atoms with E-state index in [2.05, 4.69) is 50.5 Å². The van der Waals surface area contributed by atoms with Crippen molar-refractivity contribution in [3.63, 3.8) is 0 Å². The summed E-state index contributed by atoms with van der Waals surface area (Å²) in [5, 5.41) is 11.3. The van der Waals surface area contributed by atoms with Crippen molar-refractivity contribution in [2.75, 3.05) is 5.32 Å². The largest absolute Gasteiger partial charge is 0.320 e. The number of anilines is 1. The molecule has 0 aliphatic carbocycles. The Hall–Kier alpha value is -3.58. The predicted molar refractivity (Wildman–Crippen MR) is 122 cm³/mol. The number of rotatable bonds is 3. The van der Waals surface area contributed by atoms with Crippen molar-refractivity contribution in [2.24, 2.45) is 10.2 Å². The summed E-state index contributed by atoms with van der Waals surface area (Å²) in [7, 11) is 0. The van der Waals surface area contributed by atoms with E-state index in [0.29, 0.717) is 0 Å². The molecule has 0 radical (unpaired) electrons. The molecule has 30 heavy (non-hydrogen) atoms. The quantitative estimate of drug-likeness (QED) is 0.352. The normalized spacial score (nSPS) is 14.6. The summed E-state index contributed by atoms with van der Waals surface area (Å²) in [5.74, 6) is -0.267. The second-order valence-corrected chi connectivity index (χ2v) is 7.89. The molecule has 4 aromatic rings. The maximum Gasteiger partial charge on any atom is 0.276 e. The second kappa shape index (κ2) is 7.35. The molecule has 3 heterocycles. The van der Waals surface area contributed by atoms with Crippen LogP contribution in [0, 0.1) is 6.92 Å². The van der Waals surface area contributed by atoms with Gasteiger partial charge in [-0.1, -0.05) is 51.8 Å². The molecule has 0 saturated heterocycles. The van der Waals surface area contributed by atoms with Crippen LogP contribution in [0.1, 0.15) is 16.8 Å². The molecule has 7 heteroatoms. The van der Waals surface area contributed by atoms with Crippen molar-refractivity contribution < 1.29 is 4.79 Å². The van der Waals surface area contributed by atoms with Crippen LogP contribution in [0.5, 0.6) is 0 Å². The summed E-state index contributed by atoms with van der Waals surface area (Å²) < 4.78 is 2.83. The highest BCUT2D eigenvalue weighted by molar-refractivity contribution is 9.10. The van der Waals surface area contributed by atoms with Crippen LogP contribution in [0.25, 0.3) is 16.9 Å². The first kappa shape index (κ1) is 18.4. The molecule has 0 bridgehead atoms. The number of amides is 1. The number of halogens is 1. The first-order valence-electron chi connectivity index (χ1n) is 9.36. The summed E-state index contributed by atoms with van der Waals surface area (Å²) in [6.07, 6.45) is 3.58. The molecule has 0 saturated carbocycles. The van der Waals surface area contributed by atoms with Gasteiger partial charge in [-0.15, -0.1) is 5.10 Å². The highest BCUT2D eigenvalue weighted by Crippen LogP contribution is 2.27. The number of fused-ring (bicyclic) bond motifs is 2. The van der Waals surface area contributed by atoms with Crippen LogP contribution < -0.4 is 5.32 Å². The molecule has 1 amide bonds. The number of imidazole rings is 1. The maximum atomic E-state index is 12.3. The van der Waals surface area contributed by atoms with Crippen molar-refractivity contribution in [2.45, 2.75) is 6.92 Å². The highest BCUT2D eigenvalue weighted by atomic mass is 79.9. The number of carbonyl (C=O) groups is 1. The summed E-state index contributed by atoms with van der Waals surface area (Å²) in [5.41, 5.74) is 6.34. The number of hydrogen-bond acceptors (Lipinski definition) is 4.